The molecule has 19 heavy (non-hydrogen) atoms. The second kappa shape index (κ2) is 6.85. The number of amides is 2. The van der Waals surface area contributed by atoms with Crippen LogP contribution in [-0.2, 0) is 6.42 Å². The Morgan fingerprint density at radius 1 is 1.00 bits per heavy atom. The van der Waals surface area contributed by atoms with E-state index in [0.29, 0.717) is 6.54 Å². The van der Waals surface area contributed by atoms with Gasteiger partial charge in [0.15, 0.2) is 0 Å². The molecule has 0 aliphatic carbocycles. The second-order valence-corrected chi connectivity index (χ2v) is 4.51. The van der Waals surface area contributed by atoms with Crippen LogP contribution in [0.5, 0.6) is 0 Å². The van der Waals surface area contributed by atoms with Crippen LogP contribution in [0, 0.1) is 0 Å². The van der Waals surface area contributed by atoms with Crippen molar-refractivity contribution in [3.8, 4) is 0 Å². The molecule has 2 rings (SSSR count). The first-order chi connectivity index (χ1) is 9.27. The number of rotatable bonds is 4. The SMILES string of the molecule is O=C(NCCc1ccccc1)N(S)c1ccccc1. The third-order valence-electron chi connectivity index (χ3n) is 2.73. The van der Waals surface area contributed by atoms with Crippen LogP contribution in [0.25, 0.3) is 0 Å². The zero-order valence-corrected chi connectivity index (χ0v) is 11.4. The molecule has 0 atom stereocenters. The molecule has 0 spiro atoms. The molecular formula is C15H16N2OS. The van der Waals surface area contributed by atoms with E-state index in [0.717, 1.165) is 12.1 Å². The van der Waals surface area contributed by atoms with Gasteiger partial charge in [-0.05, 0) is 24.1 Å². The van der Waals surface area contributed by atoms with Gasteiger partial charge in [-0.25, -0.2) is 9.10 Å². The van der Waals surface area contributed by atoms with Gasteiger partial charge >= 0.3 is 6.03 Å². The molecule has 0 saturated carbocycles. The number of carbonyl (C=O) groups is 1. The largest absolute Gasteiger partial charge is 0.337 e. The number of anilines is 1. The summed E-state index contributed by atoms with van der Waals surface area (Å²) in [6, 6.07) is 19.2. The van der Waals surface area contributed by atoms with Crippen LogP contribution in [0.3, 0.4) is 0 Å². The van der Waals surface area contributed by atoms with E-state index in [-0.39, 0.29) is 6.03 Å². The van der Waals surface area contributed by atoms with Crippen molar-refractivity contribution >= 4 is 24.5 Å². The van der Waals surface area contributed by atoms with E-state index in [1.807, 2.05) is 60.7 Å². The van der Waals surface area contributed by atoms with Crippen LogP contribution in [-0.4, -0.2) is 12.6 Å². The molecule has 0 saturated heterocycles. The third-order valence-corrected chi connectivity index (χ3v) is 3.14. The fraction of sp³-hybridized carbons (Fsp3) is 0.133. The average Bonchev–Trinajstić information content (AvgIpc) is 2.48. The number of carbonyl (C=O) groups excluding carboxylic acids is 1. The number of nitrogens with zero attached hydrogens (tertiary/aromatic N) is 1. The molecule has 0 fully saturated rings. The maximum atomic E-state index is 11.9. The van der Waals surface area contributed by atoms with E-state index >= 15 is 0 Å². The molecule has 1 N–H and O–H groups in total. The Kier molecular flexibility index (Phi) is 4.86. The smallest absolute Gasteiger partial charge is 0.331 e. The molecule has 0 aliphatic rings. The van der Waals surface area contributed by atoms with Crippen molar-refractivity contribution in [2.24, 2.45) is 0 Å². The van der Waals surface area contributed by atoms with Crippen molar-refractivity contribution in [3.63, 3.8) is 0 Å². The summed E-state index contributed by atoms with van der Waals surface area (Å²) in [5.74, 6) is 0. The molecule has 2 aromatic rings. The van der Waals surface area contributed by atoms with Crippen LogP contribution >= 0.6 is 12.8 Å². The van der Waals surface area contributed by atoms with Gasteiger partial charge in [0, 0.05) is 6.54 Å². The van der Waals surface area contributed by atoms with Crippen LogP contribution in [0.4, 0.5) is 10.5 Å². The second-order valence-electron chi connectivity index (χ2n) is 4.11. The molecular weight excluding hydrogens is 256 g/mol. The molecule has 3 nitrogen and oxygen atoms in total. The first kappa shape index (κ1) is 13.5. The van der Waals surface area contributed by atoms with Crippen LogP contribution in [0.1, 0.15) is 5.56 Å². The summed E-state index contributed by atoms with van der Waals surface area (Å²) >= 11 is 4.20. The Morgan fingerprint density at radius 3 is 2.21 bits per heavy atom. The highest BCUT2D eigenvalue weighted by Crippen LogP contribution is 2.14. The molecule has 4 heteroatoms. The van der Waals surface area contributed by atoms with E-state index < -0.39 is 0 Å². The van der Waals surface area contributed by atoms with E-state index in [1.165, 1.54) is 9.87 Å². The van der Waals surface area contributed by atoms with Gasteiger partial charge < -0.3 is 5.32 Å². The lowest BCUT2D eigenvalue weighted by Crippen LogP contribution is -2.35. The summed E-state index contributed by atoms with van der Waals surface area (Å²) in [7, 11) is 0. The molecule has 0 radical (unpaired) electrons. The summed E-state index contributed by atoms with van der Waals surface area (Å²) in [4.78, 5) is 11.9. The molecule has 0 bridgehead atoms. The van der Waals surface area contributed by atoms with Crippen LogP contribution < -0.4 is 9.62 Å². The number of para-hydroxylation sites is 1. The average molecular weight is 272 g/mol. The topological polar surface area (TPSA) is 32.3 Å². The standard InChI is InChI=1S/C15H16N2OS/c18-15(17(19)14-9-5-2-6-10-14)16-12-11-13-7-3-1-4-8-13/h1-10,19H,11-12H2,(H,16,18). The van der Waals surface area contributed by atoms with Gasteiger partial charge in [-0.15, -0.1) is 0 Å². The van der Waals surface area contributed by atoms with E-state index in [9.17, 15) is 4.79 Å². The number of benzene rings is 2. The first-order valence-corrected chi connectivity index (χ1v) is 6.53. The van der Waals surface area contributed by atoms with Gasteiger partial charge in [0.05, 0.1) is 5.69 Å². The van der Waals surface area contributed by atoms with Crippen LogP contribution in [0.15, 0.2) is 60.7 Å². The van der Waals surface area contributed by atoms with Gasteiger partial charge in [-0.1, -0.05) is 61.3 Å². The summed E-state index contributed by atoms with van der Waals surface area (Å²) < 4.78 is 1.31. The monoisotopic (exact) mass is 272 g/mol. The Bertz CT molecular complexity index is 516. The third kappa shape index (κ3) is 4.03. The van der Waals surface area contributed by atoms with E-state index in [4.69, 9.17) is 0 Å². The van der Waals surface area contributed by atoms with Gasteiger partial charge in [0.1, 0.15) is 0 Å². The number of thiol groups is 1. The van der Waals surface area contributed by atoms with Gasteiger partial charge in [0.2, 0.25) is 0 Å². The zero-order valence-electron chi connectivity index (χ0n) is 10.5. The molecule has 2 aromatic carbocycles. The number of hydrogen-bond donors (Lipinski definition) is 2. The summed E-state index contributed by atoms with van der Waals surface area (Å²) in [5.41, 5.74) is 1.95. The number of hydrogen-bond acceptors (Lipinski definition) is 2. The fourth-order valence-electron chi connectivity index (χ4n) is 1.72. The lowest BCUT2D eigenvalue weighted by atomic mass is 10.1. The van der Waals surface area contributed by atoms with Gasteiger partial charge in [-0.3, -0.25) is 0 Å². The maximum absolute atomic E-state index is 11.9. The van der Waals surface area contributed by atoms with Crippen molar-refractivity contribution in [3.05, 3.63) is 66.2 Å². The van der Waals surface area contributed by atoms with Crippen molar-refractivity contribution in [1.82, 2.24) is 5.32 Å². The number of nitrogens with one attached hydrogen (secondary N) is 1. The van der Waals surface area contributed by atoms with Crippen LogP contribution in [0.2, 0.25) is 0 Å². The highest BCUT2D eigenvalue weighted by Gasteiger charge is 2.10. The Hall–Kier alpha value is -1.94. The lowest BCUT2D eigenvalue weighted by Gasteiger charge is -2.16. The number of urea groups is 1. The first-order valence-electron chi connectivity index (χ1n) is 6.13. The molecule has 98 valence electrons. The Balaban J connectivity index is 1.82. The molecule has 2 amide bonds. The van der Waals surface area contributed by atoms with Crippen molar-refractivity contribution < 1.29 is 4.79 Å². The minimum Gasteiger partial charge on any atom is -0.337 e. The maximum Gasteiger partial charge on any atom is 0.331 e. The predicted octanol–water partition coefficient (Wildman–Crippen LogP) is 3.29. The quantitative estimate of drug-likeness (QED) is 0.822. The fourth-order valence-corrected chi connectivity index (χ4v) is 1.92. The molecule has 0 unspecified atom stereocenters. The molecule has 0 aliphatic heterocycles. The molecule has 0 heterocycles. The normalized spacial score (nSPS) is 9.95. The summed E-state index contributed by atoms with van der Waals surface area (Å²) in [6.45, 7) is 0.590. The predicted molar refractivity (Wildman–Crippen MR) is 81.5 cm³/mol. The van der Waals surface area contributed by atoms with Gasteiger partial charge in [0.25, 0.3) is 0 Å². The van der Waals surface area contributed by atoms with Crippen molar-refractivity contribution in [1.29, 1.82) is 0 Å². The highest BCUT2D eigenvalue weighted by molar-refractivity contribution is 7.82. The zero-order chi connectivity index (χ0) is 13.5. The minimum atomic E-state index is -0.217. The van der Waals surface area contributed by atoms with Gasteiger partial charge in [-0.2, -0.15) is 0 Å². The van der Waals surface area contributed by atoms with Crippen molar-refractivity contribution in [2.45, 2.75) is 6.42 Å². The van der Waals surface area contributed by atoms with E-state index in [2.05, 4.69) is 18.1 Å². The Labute approximate surface area is 118 Å². The summed E-state index contributed by atoms with van der Waals surface area (Å²) in [6.07, 6.45) is 0.809. The molecule has 0 aromatic heterocycles. The van der Waals surface area contributed by atoms with Crippen molar-refractivity contribution in [2.75, 3.05) is 10.8 Å². The highest BCUT2D eigenvalue weighted by atomic mass is 32.1. The van der Waals surface area contributed by atoms with E-state index in [1.54, 1.807) is 0 Å². The lowest BCUT2D eigenvalue weighted by molar-refractivity contribution is 0.250. The Morgan fingerprint density at radius 2 is 1.58 bits per heavy atom. The summed E-state index contributed by atoms with van der Waals surface area (Å²) in [5, 5.41) is 2.84. The minimum absolute atomic E-state index is 0.217.